The van der Waals surface area contributed by atoms with Crippen LogP contribution in [-0.4, -0.2) is 18.1 Å². The van der Waals surface area contributed by atoms with Crippen molar-refractivity contribution in [3.8, 4) is 0 Å². The summed E-state index contributed by atoms with van der Waals surface area (Å²) in [6.07, 6.45) is -2.79. The highest BCUT2D eigenvalue weighted by Gasteiger charge is 2.18. The van der Waals surface area contributed by atoms with Gasteiger partial charge in [-0.25, -0.2) is 13.8 Å². The molecule has 0 N–H and O–H groups in total. The molecule has 1 aromatic heterocycles. The number of nitrogens with zero attached hydrogens (tertiary/aromatic N) is 1. The van der Waals surface area contributed by atoms with Crippen LogP contribution in [0.15, 0.2) is 10.5 Å². The van der Waals surface area contributed by atoms with E-state index in [1.165, 1.54) is 13.2 Å². The zero-order chi connectivity index (χ0) is 12.3. The van der Waals surface area contributed by atoms with E-state index in [1.807, 2.05) is 0 Å². The lowest BCUT2D eigenvalue weighted by molar-refractivity contribution is -0.139. The van der Waals surface area contributed by atoms with Crippen LogP contribution in [0.2, 0.25) is 0 Å². The van der Waals surface area contributed by atoms with E-state index in [4.69, 9.17) is 0 Å². The van der Waals surface area contributed by atoms with Crippen molar-refractivity contribution < 1.29 is 18.3 Å². The molecule has 16 heavy (non-hydrogen) atoms. The van der Waals surface area contributed by atoms with E-state index in [9.17, 15) is 13.6 Å². The lowest BCUT2D eigenvalue weighted by Crippen LogP contribution is -2.09. The molecule has 0 aliphatic rings. The van der Waals surface area contributed by atoms with E-state index in [2.05, 4.69) is 25.7 Å². The van der Waals surface area contributed by atoms with Gasteiger partial charge < -0.3 is 4.74 Å². The van der Waals surface area contributed by atoms with Crippen LogP contribution in [-0.2, 0) is 16.0 Å². The van der Waals surface area contributed by atoms with Crippen LogP contribution in [0.5, 0.6) is 0 Å². The number of carbonyl (C=O) groups is 1. The van der Waals surface area contributed by atoms with Crippen LogP contribution < -0.4 is 0 Å². The van der Waals surface area contributed by atoms with Gasteiger partial charge in [-0.2, -0.15) is 0 Å². The van der Waals surface area contributed by atoms with Crippen molar-refractivity contribution in [1.82, 2.24) is 4.98 Å². The van der Waals surface area contributed by atoms with Gasteiger partial charge >= 0.3 is 5.97 Å². The number of hydrogen-bond donors (Lipinski definition) is 0. The molecule has 0 amide bonds. The van der Waals surface area contributed by atoms with Gasteiger partial charge in [0.1, 0.15) is 5.69 Å². The van der Waals surface area contributed by atoms with Gasteiger partial charge in [0.25, 0.3) is 6.43 Å². The van der Waals surface area contributed by atoms with Gasteiger partial charge in [0, 0.05) is 8.04 Å². The summed E-state index contributed by atoms with van der Waals surface area (Å²) in [5.74, 6) is -0.519. The highest BCUT2D eigenvalue weighted by atomic mass is 127. The molecule has 0 aliphatic heterocycles. The van der Waals surface area contributed by atoms with Crippen molar-refractivity contribution >= 4 is 44.5 Å². The molecule has 7 heteroatoms. The number of pyridine rings is 1. The van der Waals surface area contributed by atoms with Crippen molar-refractivity contribution in [3.05, 3.63) is 25.5 Å². The molecule has 0 unspecified atom stereocenters. The van der Waals surface area contributed by atoms with Gasteiger partial charge in [0.2, 0.25) is 0 Å². The molecule has 88 valence electrons. The first-order valence-corrected chi connectivity index (χ1v) is 6.02. The summed E-state index contributed by atoms with van der Waals surface area (Å²) in [5.41, 5.74) is -0.0646. The Bertz CT molecular complexity index is 415. The minimum absolute atomic E-state index is 0.131. The maximum Gasteiger partial charge on any atom is 0.311 e. The average molecular weight is 406 g/mol. The Morgan fingerprint density at radius 2 is 2.31 bits per heavy atom. The van der Waals surface area contributed by atoms with E-state index in [-0.39, 0.29) is 17.8 Å². The molecule has 0 radical (unpaired) electrons. The number of alkyl halides is 2. The lowest BCUT2D eigenvalue weighted by Gasteiger charge is -2.08. The van der Waals surface area contributed by atoms with E-state index in [0.717, 1.165) is 0 Å². The van der Waals surface area contributed by atoms with Gasteiger partial charge in [-0.05, 0) is 44.6 Å². The largest absolute Gasteiger partial charge is 0.469 e. The van der Waals surface area contributed by atoms with E-state index in [0.29, 0.717) is 8.04 Å². The third-order valence-corrected chi connectivity index (χ3v) is 3.33. The molecule has 0 atom stereocenters. The second-order valence-corrected chi connectivity index (χ2v) is 4.85. The zero-order valence-corrected chi connectivity index (χ0v) is 11.9. The first-order valence-electron chi connectivity index (χ1n) is 4.15. The summed E-state index contributed by atoms with van der Waals surface area (Å²) >= 11 is 4.94. The molecule has 0 aliphatic carbocycles. The zero-order valence-electron chi connectivity index (χ0n) is 8.14. The maximum atomic E-state index is 12.6. The number of carbonyl (C=O) groups excluding carboxylic acids is 1. The fraction of sp³-hybridized carbons (Fsp3) is 0.333. The SMILES string of the molecule is COC(=O)Cc1nc(C(F)F)c(I)cc1Br. The number of hydrogen-bond acceptors (Lipinski definition) is 3. The van der Waals surface area contributed by atoms with E-state index in [1.54, 1.807) is 22.6 Å². The number of methoxy groups -OCH3 is 1. The molecule has 0 saturated carbocycles. The normalized spacial score (nSPS) is 10.6. The van der Waals surface area contributed by atoms with Crippen molar-refractivity contribution in [1.29, 1.82) is 0 Å². The summed E-state index contributed by atoms with van der Waals surface area (Å²) in [6, 6.07) is 1.51. The van der Waals surface area contributed by atoms with Crippen molar-refractivity contribution in [2.75, 3.05) is 7.11 Å². The summed E-state index contributed by atoms with van der Waals surface area (Å²) in [4.78, 5) is 14.8. The molecule has 0 fully saturated rings. The van der Waals surface area contributed by atoms with Gasteiger partial charge in [0.15, 0.2) is 0 Å². The molecule has 3 nitrogen and oxygen atoms in total. The number of esters is 1. The van der Waals surface area contributed by atoms with Crippen LogP contribution in [0, 0.1) is 3.57 Å². The lowest BCUT2D eigenvalue weighted by atomic mass is 10.2. The van der Waals surface area contributed by atoms with Gasteiger partial charge in [-0.3, -0.25) is 4.79 Å². The Morgan fingerprint density at radius 1 is 1.69 bits per heavy atom. The topological polar surface area (TPSA) is 39.2 Å². The number of ether oxygens (including phenoxy) is 1. The number of aromatic nitrogens is 1. The molecular weight excluding hydrogens is 399 g/mol. The third kappa shape index (κ3) is 3.34. The Morgan fingerprint density at radius 3 is 2.81 bits per heavy atom. The predicted molar refractivity (Wildman–Crippen MR) is 65.3 cm³/mol. The Kier molecular flexibility index (Phi) is 5.03. The molecule has 1 aromatic rings. The molecule has 0 aromatic carbocycles. The highest BCUT2D eigenvalue weighted by molar-refractivity contribution is 14.1. The van der Waals surface area contributed by atoms with E-state index < -0.39 is 12.4 Å². The third-order valence-electron chi connectivity index (χ3n) is 1.78. The number of rotatable bonds is 3. The summed E-state index contributed by atoms with van der Waals surface area (Å²) in [6.45, 7) is 0. The smallest absolute Gasteiger partial charge is 0.311 e. The molecule has 0 spiro atoms. The fourth-order valence-corrected chi connectivity index (χ4v) is 2.56. The molecule has 0 bridgehead atoms. The van der Waals surface area contributed by atoms with Crippen molar-refractivity contribution in [2.45, 2.75) is 12.8 Å². The highest BCUT2D eigenvalue weighted by Crippen LogP contribution is 2.27. The Balaban J connectivity index is 3.09. The van der Waals surface area contributed by atoms with Crippen LogP contribution in [0.4, 0.5) is 8.78 Å². The van der Waals surface area contributed by atoms with Crippen LogP contribution in [0.3, 0.4) is 0 Å². The Hall–Kier alpha value is -0.310. The molecule has 0 saturated heterocycles. The first-order chi connectivity index (χ1) is 7.45. The predicted octanol–water partition coefficient (Wildman–Crippen LogP) is 3.10. The molecule has 1 heterocycles. The summed E-state index contributed by atoms with van der Waals surface area (Å²) < 4.78 is 30.4. The maximum absolute atomic E-state index is 12.6. The second-order valence-electron chi connectivity index (χ2n) is 2.84. The summed E-state index contributed by atoms with van der Waals surface area (Å²) in [7, 11) is 1.23. The quantitative estimate of drug-likeness (QED) is 0.573. The van der Waals surface area contributed by atoms with Crippen molar-refractivity contribution in [3.63, 3.8) is 0 Å². The average Bonchev–Trinajstić information content (AvgIpc) is 2.21. The minimum Gasteiger partial charge on any atom is -0.469 e. The second kappa shape index (κ2) is 5.85. The van der Waals surface area contributed by atoms with Gasteiger partial charge in [0.05, 0.1) is 19.2 Å². The standard InChI is InChI=1S/C9H7BrF2INO2/c1-16-7(15)3-6-4(10)2-5(13)8(14-6)9(11)12/h2,9H,3H2,1H3. The molecular formula is C9H7BrF2INO2. The van der Waals surface area contributed by atoms with Gasteiger partial charge in [-0.1, -0.05) is 0 Å². The molecule has 1 rings (SSSR count). The van der Waals surface area contributed by atoms with Crippen LogP contribution in [0.1, 0.15) is 17.8 Å². The fourth-order valence-electron chi connectivity index (χ4n) is 1.01. The van der Waals surface area contributed by atoms with Crippen molar-refractivity contribution in [2.24, 2.45) is 0 Å². The number of halogens is 4. The monoisotopic (exact) mass is 405 g/mol. The van der Waals surface area contributed by atoms with Gasteiger partial charge in [-0.15, -0.1) is 0 Å². The summed E-state index contributed by atoms with van der Waals surface area (Å²) in [5, 5.41) is 0. The van der Waals surface area contributed by atoms with Crippen LogP contribution >= 0.6 is 38.5 Å². The van der Waals surface area contributed by atoms with Crippen LogP contribution in [0.25, 0.3) is 0 Å². The minimum atomic E-state index is -2.66. The van der Waals surface area contributed by atoms with E-state index >= 15 is 0 Å². The Labute approximate surface area is 113 Å². The first kappa shape index (κ1) is 13.8.